The number of benzene rings is 1. The predicted octanol–water partition coefficient (Wildman–Crippen LogP) is 1.99. The molecular formula is C13H19NO5S. The number of aromatic carboxylic acids is 1. The Bertz CT molecular complexity index is 568. The Balaban J connectivity index is 2.87. The highest BCUT2D eigenvalue weighted by Crippen LogP contribution is 2.24. The fraction of sp³-hybridized carbons (Fsp3) is 0.462. The van der Waals surface area contributed by atoms with Gasteiger partial charge in [-0.2, -0.15) is 0 Å². The van der Waals surface area contributed by atoms with E-state index >= 15 is 0 Å². The Labute approximate surface area is 118 Å². The first-order chi connectivity index (χ1) is 9.36. The molecule has 0 aromatic heterocycles. The molecule has 0 aliphatic rings. The van der Waals surface area contributed by atoms with Gasteiger partial charge in [-0.3, -0.25) is 0 Å². The molecule has 0 spiro atoms. The molecule has 0 fully saturated rings. The standard InChI is InChI=1S/C13H19NO5S/c1-2-3-4-5-8-19-11-7-6-10(13(15)16)9-12(11)20(14,17)18/h6-7,9H,2-5,8H2,1H3,(H,15,16)(H2,14,17,18). The van der Waals surface area contributed by atoms with Crippen molar-refractivity contribution in [3.8, 4) is 5.75 Å². The molecule has 3 N–H and O–H groups in total. The first-order valence-electron chi connectivity index (χ1n) is 6.39. The van der Waals surface area contributed by atoms with Crippen molar-refractivity contribution in [3.05, 3.63) is 23.8 Å². The molecule has 0 heterocycles. The summed E-state index contributed by atoms with van der Waals surface area (Å²) in [6, 6.07) is 3.63. The van der Waals surface area contributed by atoms with E-state index in [9.17, 15) is 13.2 Å². The van der Waals surface area contributed by atoms with Crippen molar-refractivity contribution >= 4 is 16.0 Å². The van der Waals surface area contributed by atoms with Gasteiger partial charge >= 0.3 is 5.97 Å². The number of hydrogen-bond donors (Lipinski definition) is 2. The molecule has 0 radical (unpaired) electrons. The van der Waals surface area contributed by atoms with Crippen molar-refractivity contribution in [2.45, 2.75) is 37.5 Å². The minimum atomic E-state index is -4.03. The van der Waals surface area contributed by atoms with Crippen LogP contribution in [0.1, 0.15) is 43.0 Å². The molecule has 1 rings (SSSR count). The summed E-state index contributed by atoms with van der Waals surface area (Å²) in [7, 11) is -4.03. The lowest BCUT2D eigenvalue weighted by Gasteiger charge is -2.10. The van der Waals surface area contributed by atoms with Gasteiger partial charge in [0.15, 0.2) is 0 Å². The first kappa shape index (κ1) is 16.5. The number of nitrogens with two attached hydrogens (primary N) is 1. The number of carbonyl (C=O) groups is 1. The van der Waals surface area contributed by atoms with Crippen LogP contribution >= 0.6 is 0 Å². The van der Waals surface area contributed by atoms with Crippen molar-refractivity contribution < 1.29 is 23.1 Å². The molecule has 20 heavy (non-hydrogen) atoms. The van der Waals surface area contributed by atoms with E-state index in [1.807, 2.05) is 0 Å². The average molecular weight is 301 g/mol. The summed E-state index contributed by atoms with van der Waals surface area (Å²) in [5.41, 5.74) is -0.146. The number of unbranched alkanes of at least 4 members (excludes halogenated alkanes) is 3. The molecule has 0 atom stereocenters. The van der Waals surface area contributed by atoms with E-state index in [1.165, 1.54) is 12.1 Å². The first-order valence-corrected chi connectivity index (χ1v) is 7.94. The number of hydrogen-bond acceptors (Lipinski definition) is 4. The van der Waals surface area contributed by atoms with Gasteiger partial charge in [-0.05, 0) is 24.6 Å². The fourth-order valence-corrected chi connectivity index (χ4v) is 2.39. The molecule has 0 saturated heterocycles. The SMILES string of the molecule is CCCCCCOc1ccc(C(=O)O)cc1S(N)(=O)=O. The summed E-state index contributed by atoms with van der Waals surface area (Å²) < 4.78 is 28.3. The molecule has 112 valence electrons. The van der Waals surface area contributed by atoms with E-state index in [0.29, 0.717) is 6.61 Å². The van der Waals surface area contributed by atoms with E-state index in [1.54, 1.807) is 0 Å². The Morgan fingerprint density at radius 2 is 2.00 bits per heavy atom. The minimum Gasteiger partial charge on any atom is -0.492 e. The molecule has 0 aliphatic carbocycles. The normalized spacial score (nSPS) is 11.3. The Morgan fingerprint density at radius 3 is 2.55 bits per heavy atom. The van der Waals surface area contributed by atoms with Crippen LogP contribution in [0.5, 0.6) is 5.75 Å². The molecular weight excluding hydrogens is 282 g/mol. The van der Waals surface area contributed by atoms with Crippen LogP contribution in [0.2, 0.25) is 0 Å². The second-order valence-electron chi connectivity index (χ2n) is 4.42. The third kappa shape index (κ3) is 4.82. The second kappa shape index (κ2) is 7.25. The number of rotatable bonds is 8. The van der Waals surface area contributed by atoms with Crippen LogP contribution in [-0.4, -0.2) is 26.1 Å². The van der Waals surface area contributed by atoms with Crippen LogP contribution in [0, 0.1) is 0 Å². The minimum absolute atomic E-state index is 0.0917. The zero-order valence-corrected chi connectivity index (χ0v) is 12.1. The molecule has 0 amide bonds. The summed E-state index contributed by atoms with van der Waals surface area (Å²) in [5.74, 6) is -1.13. The molecule has 1 aromatic rings. The van der Waals surface area contributed by atoms with Crippen molar-refractivity contribution in [2.24, 2.45) is 5.14 Å². The van der Waals surface area contributed by atoms with Gasteiger partial charge in [-0.15, -0.1) is 0 Å². The van der Waals surface area contributed by atoms with Gasteiger partial charge in [-0.25, -0.2) is 18.4 Å². The maximum Gasteiger partial charge on any atom is 0.335 e. The van der Waals surface area contributed by atoms with Crippen LogP contribution in [0.25, 0.3) is 0 Å². The quantitative estimate of drug-likeness (QED) is 0.714. The number of ether oxygens (including phenoxy) is 1. The average Bonchev–Trinajstić information content (AvgIpc) is 2.37. The monoisotopic (exact) mass is 301 g/mol. The third-order valence-electron chi connectivity index (χ3n) is 2.75. The number of primary sulfonamides is 1. The van der Waals surface area contributed by atoms with E-state index < -0.39 is 16.0 Å². The molecule has 0 unspecified atom stereocenters. The van der Waals surface area contributed by atoms with Gasteiger partial charge in [0.2, 0.25) is 10.0 Å². The van der Waals surface area contributed by atoms with E-state index in [-0.39, 0.29) is 16.2 Å². The summed E-state index contributed by atoms with van der Waals surface area (Å²) in [5, 5.41) is 13.9. The lowest BCUT2D eigenvalue weighted by atomic mass is 10.2. The highest BCUT2D eigenvalue weighted by Gasteiger charge is 2.18. The zero-order chi connectivity index (χ0) is 15.2. The third-order valence-corrected chi connectivity index (χ3v) is 3.68. The van der Waals surface area contributed by atoms with Gasteiger partial charge in [0.05, 0.1) is 12.2 Å². The highest BCUT2D eigenvalue weighted by molar-refractivity contribution is 7.89. The van der Waals surface area contributed by atoms with Crippen LogP contribution in [0.4, 0.5) is 0 Å². The van der Waals surface area contributed by atoms with Crippen LogP contribution in [0.15, 0.2) is 23.1 Å². The van der Waals surface area contributed by atoms with Crippen LogP contribution < -0.4 is 9.88 Å². The summed E-state index contributed by atoms with van der Waals surface area (Å²) in [6.07, 6.45) is 3.98. The van der Waals surface area contributed by atoms with E-state index in [4.69, 9.17) is 15.0 Å². The maximum absolute atomic E-state index is 11.5. The van der Waals surface area contributed by atoms with Gasteiger partial charge < -0.3 is 9.84 Å². The van der Waals surface area contributed by atoms with Gasteiger partial charge in [0.1, 0.15) is 10.6 Å². The Hall–Kier alpha value is -1.60. The number of carboxylic acid groups (broad SMARTS) is 1. The molecule has 7 heteroatoms. The lowest BCUT2D eigenvalue weighted by molar-refractivity contribution is 0.0696. The lowest BCUT2D eigenvalue weighted by Crippen LogP contribution is -2.15. The second-order valence-corrected chi connectivity index (χ2v) is 5.95. The number of sulfonamides is 1. The van der Waals surface area contributed by atoms with E-state index in [2.05, 4.69) is 6.92 Å². The largest absolute Gasteiger partial charge is 0.492 e. The Kier molecular flexibility index (Phi) is 5.97. The fourth-order valence-electron chi connectivity index (χ4n) is 1.69. The molecule has 0 aliphatic heterocycles. The zero-order valence-electron chi connectivity index (χ0n) is 11.3. The van der Waals surface area contributed by atoms with E-state index in [0.717, 1.165) is 31.7 Å². The maximum atomic E-state index is 11.5. The summed E-state index contributed by atoms with van der Waals surface area (Å²) >= 11 is 0. The highest BCUT2D eigenvalue weighted by atomic mass is 32.2. The summed E-state index contributed by atoms with van der Waals surface area (Å²) in [4.78, 5) is 10.5. The van der Waals surface area contributed by atoms with Crippen molar-refractivity contribution in [3.63, 3.8) is 0 Å². The van der Waals surface area contributed by atoms with Crippen LogP contribution in [-0.2, 0) is 10.0 Å². The van der Waals surface area contributed by atoms with Gasteiger partial charge in [-0.1, -0.05) is 26.2 Å². The van der Waals surface area contributed by atoms with Crippen molar-refractivity contribution in [1.29, 1.82) is 0 Å². The molecule has 0 saturated carbocycles. The smallest absolute Gasteiger partial charge is 0.335 e. The molecule has 0 bridgehead atoms. The molecule has 6 nitrogen and oxygen atoms in total. The van der Waals surface area contributed by atoms with Gasteiger partial charge in [0.25, 0.3) is 0 Å². The Morgan fingerprint density at radius 1 is 1.30 bits per heavy atom. The van der Waals surface area contributed by atoms with Crippen molar-refractivity contribution in [1.82, 2.24) is 0 Å². The topological polar surface area (TPSA) is 107 Å². The van der Waals surface area contributed by atoms with Crippen molar-refractivity contribution in [2.75, 3.05) is 6.61 Å². The molecule has 1 aromatic carbocycles. The summed E-state index contributed by atoms with van der Waals surface area (Å²) in [6.45, 7) is 2.46. The predicted molar refractivity (Wildman–Crippen MR) is 74.4 cm³/mol. The van der Waals surface area contributed by atoms with Crippen LogP contribution in [0.3, 0.4) is 0 Å². The number of carboxylic acids is 1. The van der Waals surface area contributed by atoms with Gasteiger partial charge in [0, 0.05) is 0 Å².